The van der Waals surface area contributed by atoms with Crippen LogP contribution in [0, 0.1) is 6.92 Å². The van der Waals surface area contributed by atoms with Crippen LogP contribution in [0.5, 0.6) is 0 Å². The van der Waals surface area contributed by atoms with Crippen molar-refractivity contribution in [3.8, 4) is 0 Å². The molecule has 0 atom stereocenters. The molecule has 1 fully saturated rings. The Labute approximate surface area is 89.2 Å². The van der Waals surface area contributed by atoms with Crippen LogP contribution in [0.1, 0.15) is 24.0 Å². The van der Waals surface area contributed by atoms with Crippen molar-refractivity contribution in [2.45, 2.75) is 19.8 Å². The molecule has 4 heteroatoms. The van der Waals surface area contributed by atoms with E-state index in [0.29, 0.717) is 0 Å². The van der Waals surface area contributed by atoms with Gasteiger partial charge in [0.05, 0.1) is 6.21 Å². The summed E-state index contributed by atoms with van der Waals surface area (Å²) in [5.74, 6) is 1.06. The lowest BCUT2D eigenvalue weighted by molar-refractivity contribution is 0.322. The fourth-order valence-electron chi connectivity index (χ4n) is 1.99. The summed E-state index contributed by atoms with van der Waals surface area (Å²) < 4.78 is 0. The van der Waals surface area contributed by atoms with E-state index >= 15 is 0 Å². The normalized spacial score (nSPS) is 16.5. The summed E-state index contributed by atoms with van der Waals surface area (Å²) in [6.45, 7) is 4.23. The smallest absolute Gasteiger partial charge is 0.131 e. The Morgan fingerprint density at radius 1 is 1.47 bits per heavy atom. The Balaban J connectivity index is 2.25. The van der Waals surface area contributed by atoms with E-state index in [0.717, 1.165) is 30.0 Å². The van der Waals surface area contributed by atoms with Gasteiger partial charge in [-0.05, 0) is 31.4 Å². The van der Waals surface area contributed by atoms with Crippen LogP contribution in [-0.2, 0) is 0 Å². The van der Waals surface area contributed by atoms with Gasteiger partial charge in [-0.3, -0.25) is 0 Å². The van der Waals surface area contributed by atoms with E-state index in [1.165, 1.54) is 19.1 Å². The minimum atomic E-state index is 0.831. The number of hydrogen-bond acceptors (Lipinski definition) is 4. The molecular weight excluding hydrogens is 190 g/mol. The van der Waals surface area contributed by atoms with E-state index in [9.17, 15) is 0 Å². The maximum atomic E-state index is 8.42. The minimum absolute atomic E-state index is 0.831. The van der Waals surface area contributed by atoms with Gasteiger partial charge in [0, 0.05) is 24.8 Å². The van der Waals surface area contributed by atoms with Crippen molar-refractivity contribution in [1.29, 1.82) is 0 Å². The molecule has 0 unspecified atom stereocenters. The molecule has 1 aromatic heterocycles. The van der Waals surface area contributed by atoms with Crippen molar-refractivity contribution >= 4 is 12.0 Å². The highest BCUT2D eigenvalue weighted by Gasteiger charge is 2.15. The molecule has 15 heavy (non-hydrogen) atoms. The summed E-state index contributed by atoms with van der Waals surface area (Å²) in [5.41, 5.74) is 1.97. The summed E-state index contributed by atoms with van der Waals surface area (Å²) >= 11 is 0. The topological polar surface area (TPSA) is 48.7 Å². The van der Waals surface area contributed by atoms with Crippen LogP contribution < -0.4 is 4.90 Å². The molecule has 2 heterocycles. The number of aromatic nitrogens is 1. The van der Waals surface area contributed by atoms with Gasteiger partial charge >= 0.3 is 0 Å². The van der Waals surface area contributed by atoms with E-state index in [1.54, 1.807) is 6.20 Å². The van der Waals surface area contributed by atoms with Gasteiger partial charge in [-0.15, -0.1) is 0 Å². The molecule has 1 aliphatic heterocycles. The van der Waals surface area contributed by atoms with E-state index in [1.807, 2.05) is 13.0 Å². The minimum Gasteiger partial charge on any atom is -0.411 e. The third kappa shape index (κ3) is 2.09. The number of anilines is 1. The maximum Gasteiger partial charge on any atom is 0.131 e. The molecule has 1 saturated heterocycles. The van der Waals surface area contributed by atoms with Crippen LogP contribution in [0.25, 0.3) is 0 Å². The van der Waals surface area contributed by atoms with Gasteiger partial charge in [0.15, 0.2) is 0 Å². The molecule has 1 N–H and O–H groups in total. The molecule has 80 valence electrons. The van der Waals surface area contributed by atoms with E-state index in [2.05, 4.69) is 15.0 Å². The Morgan fingerprint density at radius 3 is 2.80 bits per heavy atom. The predicted molar refractivity (Wildman–Crippen MR) is 59.8 cm³/mol. The average Bonchev–Trinajstić information content (AvgIpc) is 2.71. The van der Waals surface area contributed by atoms with E-state index in [4.69, 9.17) is 5.21 Å². The molecule has 0 spiro atoms. The van der Waals surface area contributed by atoms with Gasteiger partial charge in [-0.1, -0.05) is 5.16 Å². The second-order valence-corrected chi connectivity index (χ2v) is 3.85. The quantitative estimate of drug-likeness (QED) is 0.455. The molecular formula is C11H15N3O. The molecule has 1 aliphatic rings. The van der Waals surface area contributed by atoms with Gasteiger partial charge in [0.25, 0.3) is 0 Å². The Hall–Kier alpha value is -1.58. The standard InChI is InChI=1S/C11H15N3O/c1-9-6-10(8-13-15)7-12-11(9)14-4-2-3-5-14/h6-8,15H,2-5H2,1H3. The van der Waals surface area contributed by atoms with Crippen LogP contribution in [0.4, 0.5) is 5.82 Å². The first kappa shape index (κ1) is 9.96. The fourth-order valence-corrected chi connectivity index (χ4v) is 1.99. The molecule has 2 rings (SSSR count). The second-order valence-electron chi connectivity index (χ2n) is 3.85. The van der Waals surface area contributed by atoms with Crippen LogP contribution in [0.15, 0.2) is 17.4 Å². The zero-order valence-corrected chi connectivity index (χ0v) is 8.85. The van der Waals surface area contributed by atoms with Gasteiger partial charge in [-0.25, -0.2) is 4.98 Å². The van der Waals surface area contributed by atoms with E-state index < -0.39 is 0 Å². The highest BCUT2D eigenvalue weighted by Crippen LogP contribution is 2.21. The SMILES string of the molecule is Cc1cc(C=NO)cnc1N1CCCC1. The monoisotopic (exact) mass is 205 g/mol. The lowest BCUT2D eigenvalue weighted by Gasteiger charge is -2.18. The number of oxime groups is 1. The highest BCUT2D eigenvalue weighted by atomic mass is 16.4. The predicted octanol–water partition coefficient (Wildman–Crippen LogP) is 1.80. The number of aryl methyl sites for hydroxylation is 1. The molecule has 0 radical (unpaired) electrons. The number of pyridine rings is 1. The van der Waals surface area contributed by atoms with Crippen LogP contribution in [0.3, 0.4) is 0 Å². The summed E-state index contributed by atoms with van der Waals surface area (Å²) in [6, 6.07) is 1.99. The lowest BCUT2D eigenvalue weighted by Crippen LogP contribution is -2.20. The van der Waals surface area contributed by atoms with Crippen molar-refractivity contribution in [2.24, 2.45) is 5.16 Å². The van der Waals surface area contributed by atoms with Gasteiger partial charge < -0.3 is 10.1 Å². The van der Waals surface area contributed by atoms with E-state index in [-0.39, 0.29) is 0 Å². The molecule has 0 aliphatic carbocycles. The summed E-state index contributed by atoms with van der Waals surface area (Å²) in [5, 5.41) is 11.4. The first-order valence-corrected chi connectivity index (χ1v) is 5.20. The summed E-state index contributed by atoms with van der Waals surface area (Å²) in [4.78, 5) is 6.70. The fraction of sp³-hybridized carbons (Fsp3) is 0.455. The molecule has 0 bridgehead atoms. The summed E-state index contributed by atoms with van der Waals surface area (Å²) in [6.07, 6.45) is 5.63. The zero-order chi connectivity index (χ0) is 10.7. The van der Waals surface area contributed by atoms with Crippen molar-refractivity contribution in [2.75, 3.05) is 18.0 Å². The van der Waals surface area contributed by atoms with Gasteiger partial charge in [-0.2, -0.15) is 0 Å². The van der Waals surface area contributed by atoms with Crippen LogP contribution in [-0.4, -0.2) is 29.5 Å². The second kappa shape index (κ2) is 4.29. The van der Waals surface area contributed by atoms with Crippen LogP contribution in [0.2, 0.25) is 0 Å². The molecule has 4 nitrogen and oxygen atoms in total. The first-order valence-electron chi connectivity index (χ1n) is 5.20. The Bertz CT molecular complexity index is 370. The number of nitrogens with zero attached hydrogens (tertiary/aromatic N) is 3. The van der Waals surface area contributed by atoms with Crippen LogP contribution >= 0.6 is 0 Å². The molecule has 1 aromatic rings. The zero-order valence-electron chi connectivity index (χ0n) is 8.85. The molecule has 0 amide bonds. The Kier molecular flexibility index (Phi) is 2.85. The summed E-state index contributed by atoms with van der Waals surface area (Å²) in [7, 11) is 0. The first-order chi connectivity index (χ1) is 7.31. The maximum absolute atomic E-state index is 8.42. The average molecular weight is 205 g/mol. The third-order valence-corrected chi connectivity index (χ3v) is 2.68. The number of rotatable bonds is 2. The van der Waals surface area contributed by atoms with Gasteiger partial charge in [0.1, 0.15) is 5.82 Å². The third-order valence-electron chi connectivity index (χ3n) is 2.68. The van der Waals surface area contributed by atoms with Crippen molar-refractivity contribution in [1.82, 2.24) is 4.98 Å². The largest absolute Gasteiger partial charge is 0.411 e. The van der Waals surface area contributed by atoms with Crippen molar-refractivity contribution in [3.63, 3.8) is 0 Å². The lowest BCUT2D eigenvalue weighted by atomic mass is 10.2. The van der Waals surface area contributed by atoms with Crippen molar-refractivity contribution in [3.05, 3.63) is 23.4 Å². The highest BCUT2D eigenvalue weighted by molar-refractivity contribution is 5.79. The molecule has 0 aromatic carbocycles. The molecule has 0 saturated carbocycles. The van der Waals surface area contributed by atoms with Crippen molar-refractivity contribution < 1.29 is 5.21 Å². The number of hydrogen-bond donors (Lipinski definition) is 1. The Morgan fingerprint density at radius 2 is 2.20 bits per heavy atom. The van der Waals surface area contributed by atoms with Gasteiger partial charge in [0.2, 0.25) is 0 Å².